The lowest BCUT2D eigenvalue weighted by atomic mass is 10.0. The van der Waals surface area contributed by atoms with Gasteiger partial charge in [-0.15, -0.1) is 0 Å². The molecular weight excluding hydrogens is 468 g/mol. The Morgan fingerprint density at radius 2 is 1.71 bits per heavy atom. The molecule has 0 fully saturated rings. The number of hydrogen-bond donors (Lipinski definition) is 2. The number of nitrogens with one attached hydrogen (secondary N) is 1. The second kappa shape index (κ2) is 12.2. The number of urea groups is 1. The first-order valence-corrected chi connectivity index (χ1v) is 12.1. The zero-order valence-electron chi connectivity index (χ0n) is 19.6. The minimum atomic E-state index is -3.89. The molecule has 0 spiro atoms. The fourth-order valence-electron chi connectivity index (χ4n) is 3.36. The molecule has 0 aromatic heterocycles. The number of amides is 2. The minimum Gasteiger partial charge on any atom is -0.394 e. The third-order valence-electron chi connectivity index (χ3n) is 5.55. The van der Waals surface area contributed by atoms with E-state index in [0.717, 1.165) is 16.4 Å². The first-order chi connectivity index (χ1) is 16.0. The van der Waals surface area contributed by atoms with Crippen LogP contribution < -0.4 is 5.32 Å². The van der Waals surface area contributed by atoms with Crippen molar-refractivity contribution in [2.24, 2.45) is 5.92 Å². The van der Waals surface area contributed by atoms with Gasteiger partial charge in [-0.1, -0.05) is 19.1 Å². The van der Waals surface area contributed by atoms with Crippen molar-refractivity contribution in [2.75, 3.05) is 39.2 Å². The maximum Gasteiger partial charge on any atom is 0.322 e. The summed E-state index contributed by atoms with van der Waals surface area (Å²) >= 11 is 0. The molecule has 0 bridgehead atoms. The van der Waals surface area contributed by atoms with Crippen molar-refractivity contribution in [2.45, 2.75) is 30.9 Å². The van der Waals surface area contributed by atoms with Crippen LogP contribution in [-0.4, -0.2) is 74.8 Å². The van der Waals surface area contributed by atoms with Gasteiger partial charge in [0.2, 0.25) is 10.0 Å². The second-order valence-electron chi connectivity index (χ2n) is 8.08. The molecule has 2 aromatic carbocycles. The molecular formula is C23H31F2N3O5S. The van der Waals surface area contributed by atoms with Crippen LogP contribution in [0, 0.1) is 17.6 Å². The standard InChI is InChI=1S/C23H31F2N3O5S/c1-16(13-28(17(2)15-29)23(30)26-21-8-6-5-7-20(21)25)22(33-4)14-27(3)34(31,32)19-11-9-18(24)10-12-19/h5-12,16-17,22,29H,13-15H2,1-4H3,(H,26,30)/t16-,17-,22-/m1/s1. The predicted octanol–water partition coefficient (Wildman–Crippen LogP) is 3.15. The van der Waals surface area contributed by atoms with Crippen LogP contribution in [0.1, 0.15) is 13.8 Å². The summed E-state index contributed by atoms with van der Waals surface area (Å²) in [5, 5.41) is 12.1. The van der Waals surface area contributed by atoms with Gasteiger partial charge in [0.25, 0.3) is 0 Å². The van der Waals surface area contributed by atoms with Gasteiger partial charge in [0.1, 0.15) is 11.6 Å². The average molecular weight is 500 g/mol. The topological polar surface area (TPSA) is 99.2 Å². The summed E-state index contributed by atoms with van der Waals surface area (Å²) in [6.45, 7) is 3.16. The Morgan fingerprint density at radius 1 is 1.09 bits per heavy atom. The SMILES string of the molecule is CO[C@H](CN(C)S(=O)(=O)c1ccc(F)cc1)[C@H](C)CN(C(=O)Nc1ccccc1F)[C@H](C)CO. The molecule has 34 heavy (non-hydrogen) atoms. The third kappa shape index (κ3) is 6.95. The van der Waals surface area contributed by atoms with Crippen LogP contribution >= 0.6 is 0 Å². The molecule has 0 saturated heterocycles. The number of carbonyl (C=O) groups is 1. The van der Waals surface area contributed by atoms with Crippen LogP contribution in [0.2, 0.25) is 0 Å². The van der Waals surface area contributed by atoms with Gasteiger partial charge in [0.05, 0.1) is 29.3 Å². The Balaban J connectivity index is 2.14. The van der Waals surface area contributed by atoms with Gasteiger partial charge in [0.15, 0.2) is 0 Å². The molecule has 0 aliphatic heterocycles. The van der Waals surface area contributed by atoms with Crippen molar-refractivity contribution < 1.29 is 31.8 Å². The normalized spacial score (nSPS) is 14.5. The lowest BCUT2D eigenvalue weighted by Gasteiger charge is -2.34. The summed E-state index contributed by atoms with van der Waals surface area (Å²) in [6, 6.07) is 9.03. The van der Waals surface area contributed by atoms with Gasteiger partial charge in [0, 0.05) is 33.2 Å². The lowest BCUT2D eigenvalue weighted by Crippen LogP contribution is -2.49. The zero-order chi connectivity index (χ0) is 25.5. The van der Waals surface area contributed by atoms with Crippen LogP contribution in [0.3, 0.4) is 0 Å². The molecule has 0 aliphatic carbocycles. The van der Waals surface area contributed by atoms with Crippen molar-refractivity contribution in [3.63, 3.8) is 0 Å². The molecule has 0 saturated carbocycles. The molecule has 3 atom stereocenters. The van der Waals surface area contributed by atoms with Crippen molar-refractivity contribution in [3.8, 4) is 0 Å². The third-order valence-corrected chi connectivity index (χ3v) is 7.39. The van der Waals surface area contributed by atoms with Crippen LogP contribution in [-0.2, 0) is 14.8 Å². The number of aliphatic hydroxyl groups is 1. The highest BCUT2D eigenvalue weighted by atomic mass is 32.2. The molecule has 8 nitrogen and oxygen atoms in total. The Kier molecular flexibility index (Phi) is 9.92. The molecule has 2 N–H and O–H groups in total. The van der Waals surface area contributed by atoms with Crippen LogP contribution in [0.15, 0.2) is 53.4 Å². The molecule has 0 heterocycles. The Hall–Kier alpha value is -2.60. The number of rotatable bonds is 11. The number of ether oxygens (including phenoxy) is 1. The van der Waals surface area contributed by atoms with E-state index in [1.165, 1.54) is 49.4 Å². The summed E-state index contributed by atoms with van der Waals surface area (Å²) < 4.78 is 59.5. The molecule has 2 rings (SSSR count). The summed E-state index contributed by atoms with van der Waals surface area (Å²) in [6.07, 6.45) is -0.616. The zero-order valence-corrected chi connectivity index (χ0v) is 20.4. The highest BCUT2D eigenvalue weighted by Gasteiger charge is 2.30. The number of sulfonamides is 1. The Bertz CT molecular complexity index is 1050. The maximum atomic E-state index is 14.0. The number of methoxy groups -OCH3 is 1. The summed E-state index contributed by atoms with van der Waals surface area (Å²) in [7, 11) is -1.08. The highest BCUT2D eigenvalue weighted by Crippen LogP contribution is 2.20. The summed E-state index contributed by atoms with van der Waals surface area (Å²) in [5.41, 5.74) is 0.00343. The van der Waals surface area contributed by atoms with Gasteiger partial charge in [-0.25, -0.2) is 22.0 Å². The average Bonchev–Trinajstić information content (AvgIpc) is 2.81. The number of likely N-dealkylation sites (N-methyl/N-ethyl adjacent to an activating group) is 1. The molecule has 2 aromatic rings. The van der Waals surface area contributed by atoms with Crippen molar-refractivity contribution >= 4 is 21.7 Å². The van der Waals surface area contributed by atoms with E-state index in [0.29, 0.717) is 0 Å². The molecule has 11 heteroatoms. The Labute approximate surface area is 199 Å². The van der Waals surface area contributed by atoms with E-state index in [1.54, 1.807) is 19.9 Å². The number of benzene rings is 2. The van der Waals surface area contributed by atoms with Gasteiger partial charge in [-0.05, 0) is 43.3 Å². The lowest BCUT2D eigenvalue weighted by molar-refractivity contribution is 0.0305. The fourth-order valence-corrected chi connectivity index (χ4v) is 4.55. The fraction of sp³-hybridized carbons (Fsp3) is 0.435. The van der Waals surface area contributed by atoms with Crippen molar-refractivity contribution in [3.05, 3.63) is 60.2 Å². The number of hydrogen-bond acceptors (Lipinski definition) is 5. The van der Waals surface area contributed by atoms with E-state index in [2.05, 4.69) is 5.32 Å². The van der Waals surface area contributed by atoms with Crippen molar-refractivity contribution in [1.29, 1.82) is 0 Å². The number of aliphatic hydroxyl groups excluding tert-OH is 1. The van der Waals surface area contributed by atoms with Crippen LogP contribution in [0.25, 0.3) is 0 Å². The number of halogens is 2. The van der Waals surface area contributed by atoms with Gasteiger partial charge < -0.3 is 20.1 Å². The van der Waals surface area contributed by atoms with E-state index in [-0.39, 0.29) is 36.2 Å². The molecule has 0 radical (unpaired) electrons. The first kappa shape index (κ1) is 27.6. The van der Waals surface area contributed by atoms with Crippen molar-refractivity contribution in [1.82, 2.24) is 9.21 Å². The van der Waals surface area contributed by atoms with E-state index in [4.69, 9.17) is 4.74 Å². The number of nitrogens with zero attached hydrogens (tertiary/aromatic N) is 2. The highest BCUT2D eigenvalue weighted by molar-refractivity contribution is 7.89. The van der Waals surface area contributed by atoms with Gasteiger partial charge >= 0.3 is 6.03 Å². The number of para-hydroxylation sites is 1. The smallest absolute Gasteiger partial charge is 0.322 e. The minimum absolute atomic E-state index is 0.00343. The van der Waals surface area contributed by atoms with E-state index in [1.807, 2.05) is 0 Å². The van der Waals surface area contributed by atoms with Crippen LogP contribution in [0.5, 0.6) is 0 Å². The monoisotopic (exact) mass is 499 g/mol. The van der Waals surface area contributed by atoms with E-state index < -0.39 is 39.8 Å². The maximum absolute atomic E-state index is 14.0. The summed E-state index contributed by atoms with van der Waals surface area (Å²) in [5.74, 6) is -1.50. The predicted molar refractivity (Wildman–Crippen MR) is 125 cm³/mol. The molecule has 0 aliphatic rings. The van der Waals surface area contributed by atoms with E-state index in [9.17, 15) is 27.1 Å². The van der Waals surface area contributed by atoms with Crippen LogP contribution in [0.4, 0.5) is 19.3 Å². The number of anilines is 1. The summed E-state index contributed by atoms with van der Waals surface area (Å²) in [4.78, 5) is 14.2. The second-order valence-corrected chi connectivity index (χ2v) is 10.1. The molecule has 2 amide bonds. The largest absolute Gasteiger partial charge is 0.394 e. The van der Waals surface area contributed by atoms with Gasteiger partial charge in [-0.2, -0.15) is 4.31 Å². The Morgan fingerprint density at radius 3 is 2.26 bits per heavy atom. The molecule has 188 valence electrons. The number of carbonyl (C=O) groups excluding carboxylic acids is 1. The first-order valence-electron chi connectivity index (χ1n) is 10.7. The molecule has 0 unspecified atom stereocenters. The van der Waals surface area contributed by atoms with Gasteiger partial charge in [-0.3, -0.25) is 0 Å². The van der Waals surface area contributed by atoms with E-state index >= 15 is 0 Å². The quantitative estimate of drug-likeness (QED) is 0.495.